The molecular weight excluding hydrogens is 212 g/mol. The maximum Gasteiger partial charge on any atom is 0.303 e. The van der Waals surface area contributed by atoms with Gasteiger partial charge in [-0.05, 0) is 32.1 Å². The second-order valence-electron chi connectivity index (χ2n) is 4.67. The third-order valence-corrected chi connectivity index (χ3v) is 2.90. The minimum Gasteiger partial charge on any atom is -0.481 e. The van der Waals surface area contributed by atoms with Gasteiger partial charge in [-0.2, -0.15) is 0 Å². The Morgan fingerprint density at radius 1 is 0.882 bits per heavy atom. The van der Waals surface area contributed by atoms with Gasteiger partial charge in [0.1, 0.15) is 0 Å². The van der Waals surface area contributed by atoms with Crippen LogP contribution in [0.25, 0.3) is 0 Å². The van der Waals surface area contributed by atoms with Crippen molar-refractivity contribution in [2.45, 2.75) is 77.6 Å². The third kappa shape index (κ3) is 15.2. The second kappa shape index (κ2) is 13.3. The average molecular weight is 240 g/mol. The predicted octanol–water partition coefficient (Wildman–Crippen LogP) is 4.94. The molecule has 0 atom stereocenters. The van der Waals surface area contributed by atoms with Gasteiger partial charge in [0.2, 0.25) is 0 Å². The number of aliphatic carboxylic acids is 1. The van der Waals surface area contributed by atoms with Gasteiger partial charge in [0, 0.05) is 6.42 Å². The topological polar surface area (TPSA) is 37.3 Å². The highest BCUT2D eigenvalue weighted by Crippen LogP contribution is 2.08. The number of rotatable bonds is 12. The molecule has 0 aliphatic carbocycles. The van der Waals surface area contributed by atoms with Crippen molar-refractivity contribution in [2.75, 3.05) is 0 Å². The van der Waals surface area contributed by atoms with Gasteiger partial charge in [-0.25, -0.2) is 0 Å². The lowest BCUT2D eigenvalue weighted by Gasteiger charge is -1.98. The molecular formula is C15H28O2. The summed E-state index contributed by atoms with van der Waals surface area (Å²) in [5.41, 5.74) is 0. The monoisotopic (exact) mass is 240 g/mol. The zero-order valence-electron chi connectivity index (χ0n) is 11.3. The summed E-state index contributed by atoms with van der Waals surface area (Å²) in [5.74, 6) is -0.667. The summed E-state index contributed by atoms with van der Waals surface area (Å²) in [5, 5.41) is 8.47. The maximum atomic E-state index is 10.3. The standard InChI is InChI=1S/C15H28O2/c1-2-3-4-5-6-7-8-9-10-11-12-13-14-15(16)17/h6-7H,2-5,8-14H2,1H3,(H,16,17)/b7-6-. The lowest BCUT2D eigenvalue weighted by Crippen LogP contribution is -1.93. The van der Waals surface area contributed by atoms with Crippen molar-refractivity contribution in [2.24, 2.45) is 0 Å². The van der Waals surface area contributed by atoms with E-state index in [1.807, 2.05) is 0 Å². The van der Waals surface area contributed by atoms with Crippen LogP contribution in [0.15, 0.2) is 12.2 Å². The number of carboxylic acid groups (broad SMARTS) is 1. The first-order valence-corrected chi connectivity index (χ1v) is 7.14. The first-order valence-electron chi connectivity index (χ1n) is 7.14. The molecule has 2 nitrogen and oxygen atoms in total. The zero-order chi connectivity index (χ0) is 12.8. The summed E-state index contributed by atoms with van der Waals surface area (Å²) < 4.78 is 0. The molecule has 0 rings (SSSR count). The maximum absolute atomic E-state index is 10.3. The minimum absolute atomic E-state index is 0.331. The predicted molar refractivity (Wildman–Crippen MR) is 73.2 cm³/mol. The van der Waals surface area contributed by atoms with E-state index in [2.05, 4.69) is 19.1 Å². The summed E-state index contributed by atoms with van der Waals surface area (Å²) in [7, 11) is 0. The van der Waals surface area contributed by atoms with E-state index in [0.29, 0.717) is 6.42 Å². The number of carbonyl (C=O) groups is 1. The fourth-order valence-corrected chi connectivity index (χ4v) is 1.82. The van der Waals surface area contributed by atoms with Crippen LogP contribution in [0.2, 0.25) is 0 Å². The molecule has 0 heterocycles. The summed E-state index contributed by atoms with van der Waals surface area (Å²) in [6.45, 7) is 2.23. The minimum atomic E-state index is -0.667. The SMILES string of the molecule is CCCCC/C=C\CCCCCCCC(=O)O. The van der Waals surface area contributed by atoms with Crippen molar-refractivity contribution in [3.63, 3.8) is 0 Å². The van der Waals surface area contributed by atoms with Crippen molar-refractivity contribution in [1.82, 2.24) is 0 Å². The third-order valence-electron chi connectivity index (χ3n) is 2.90. The van der Waals surface area contributed by atoms with Gasteiger partial charge in [-0.15, -0.1) is 0 Å². The van der Waals surface area contributed by atoms with Crippen LogP contribution in [-0.2, 0) is 4.79 Å². The Labute approximate surface area is 106 Å². The van der Waals surface area contributed by atoms with Crippen molar-refractivity contribution < 1.29 is 9.90 Å². The molecule has 0 bridgehead atoms. The first kappa shape index (κ1) is 16.2. The van der Waals surface area contributed by atoms with Crippen molar-refractivity contribution >= 4 is 5.97 Å². The highest BCUT2D eigenvalue weighted by Gasteiger charge is 1.95. The lowest BCUT2D eigenvalue weighted by molar-refractivity contribution is -0.137. The Hall–Kier alpha value is -0.790. The van der Waals surface area contributed by atoms with Crippen molar-refractivity contribution in [1.29, 1.82) is 0 Å². The van der Waals surface area contributed by atoms with Crippen LogP contribution >= 0.6 is 0 Å². The van der Waals surface area contributed by atoms with E-state index in [4.69, 9.17) is 5.11 Å². The molecule has 0 aromatic rings. The van der Waals surface area contributed by atoms with Gasteiger partial charge < -0.3 is 5.11 Å². The molecule has 100 valence electrons. The molecule has 0 fully saturated rings. The Kier molecular flexibility index (Phi) is 12.7. The van der Waals surface area contributed by atoms with E-state index < -0.39 is 5.97 Å². The van der Waals surface area contributed by atoms with Gasteiger partial charge in [0.05, 0.1) is 0 Å². The zero-order valence-corrected chi connectivity index (χ0v) is 11.3. The Bertz CT molecular complexity index is 197. The fourth-order valence-electron chi connectivity index (χ4n) is 1.82. The van der Waals surface area contributed by atoms with Gasteiger partial charge in [-0.1, -0.05) is 51.2 Å². The van der Waals surface area contributed by atoms with E-state index in [1.165, 1.54) is 51.4 Å². The van der Waals surface area contributed by atoms with E-state index >= 15 is 0 Å². The van der Waals surface area contributed by atoms with E-state index in [0.717, 1.165) is 12.8 Å². The normalized spacial score (nSPS) is 11.1. The van der Waals surface area contributed by atoms with Crippen LogP contribution in [0.1, 0.15) is 77.6 Å². The Morgan fingerprint density at radius 2 is 1.41 bits per heavy atom. The van der Waals surface area contributed by atoms with E-state index in [1.54, 1.807) is 0 Å². The van der Waals surface area contributed by atoms with Crippen LogP contribution in [0.5, 0.6) is 0 Å². The summed E-state index contributed by atoms with van der Waals surface area (Å²) in [4.78, 5) is 10.3. The fraction of sp³-hybridized carbons (Fsp3) is 0.800. The molecule has 2 heteroatoms. The smallest absolute Gasteiger partial charge is 0.303 e. The summed E-state index contributed by atoms with van der Waals surface area (Å²) >= 11 is 0. The van der Waals surface area contributed by atoms with E-state index in [-0.39, 0.29) is 0 Å². The number of allylic oxidation sites excluding steroid dienone is 2. The molecule has 17 heavy (non-hydrogen) atoms. The van der Waals surface area contributed by atoms with E-state index in [9.17, 15) is 4.79 Å². The number of carboxylic acids is 1. The van der Waals surface area contributed by atoms with Crippen LogP contribution in [0, 0.1) is 0 Å². The Morgan fingerprint density at radius 3 is 2.00 bits per heavy atom. The molecule has 0 unspecified atom stereocenters. The van der Waals surface area contributed by atoms with Crippen LogP contribution in [0.3, 0.4) is 0 Å². The first-order chi connectivity index (χ1) is 8.27. The molecule has 0 radical (unpaired) electrons. The van der Waals surface area contributed by atoms with Crippen LogP contribution in [0.4, 0.5) is 0 Å². The molecule has 0 aromatic carbocycles. The van der Waals surface area contributed by atoms with Crippen molar-refractivity contribution in [3.8, 4) is 0 Å². The lowest BCUT2D eigenvalue weighted by atomic mass is 10.1. The largest absolute Gasteiger partial charge is 0.481 e. The molecule has 0 aliphatic rings. The van der Waals surface area contributed by atoms with Gasteiger partial charge in [-0.3, -0.25) is 4.79 Å². The molecule has 0 aliphatic heterocycles. The number of hydrogen-bond donors (Lipinski definition) is 1. The summed E-state index contributed by atoms with van der Waals surface area (Å²) in [6, 6.07) is 0. The average Bonchev–Trinajstić information content (AvgIpc) is 2.30. The van der Waals surface area contributed by atoms with Crippen LogP contribution in [-0.4, -0.2) is 11.1 Å². The molecule has 0 aromatic heterocycles. The second-order valence-corrected chi connectivity index (χ2v) is 4.67. The van der Waals surface area contributed by atoms with Gasteiger partial charge in [0.15, 0.2) is 0 Å². The summed E-state index contributed by atoms with van der Waals surface area (Å²) in [6.07, 6.45) is 16.9. The molecule has 1 N–H and O–H groups in total. The quantitative estimate of drug-likeness (QED) is 0.387. The van der Waals surface area contributed by atoms with Gasteiger partial charge in [0.25, 0.3) is 0 Å². The Balaban J connectivity index is 3.05. The highest BCUT2D eigenvalue weighted by atomic mass is 16.4. The van der Waals surface area contributed by atoms with Crippen molar-refractivity contribution in [3.05, 3.63) is 12.2 Å². The van der Waals surface area contributed by atoms with Crippen LogP contribution < -0.4 is 0 Å². The molecule has 0 saturated heterocycles. The van der Waals surface area contributed by atoms with Gasteiger partial charge >= 0.3 is 5.97 Å². The highest BCUT2D eigenvalue weighted by molar-refractivity contribution is 5.66. The molecule has 0 saturated carbocycles. The molecule has 0 spiro atoms. The number of unbranched alkanes of at least 4 members (excludes halogenated alkanes) is 8. The number of hydrogen-bond acceptors (Lipinski definition) is 1. The molecule has 0 amide bonds.